The minimum atomic E-state index is -0.262. The van der Waals surface area contributed by atoms with Crippen molar-refractivity contribution in [1.82, 2.24) is 14.9 Å². The zero-order chi connectivity index (χ0) is 18.1. The number of rotatable bonds is 4. The predicted octanol–water partition coefficient (Wildman–Crippen LogP) is 1.75. The van der Waals surface area contributed by atoms with E-state index in [1.54, 1.807) is 13.0 Å². The Balaban J connectivity index is 1.51. The molecule has 0 spiro atoms. The van der Waals surface area contributed by atoms with Crippen LogP contribution in [0.15, 0.2) is 47.3 Å². The molecule has 132 valence electrons. The third-order valence-corrected chi connectivity index (χ3v) is 4.24. The molecule has 1 aromatic heterocycles. The summed E-state index contributed by atoms with van der Waals surface area (Å²) in [6.07, 6.45) is 0. The SMILES string of the molecule is Cc1nc2ccccc2n(CC(=O)NCc2ccc3c(c2)OCO3)c1=O. The van der Waals surface area contributed by atoms with E-state index in [1.165, 1.54) is 4.57 Å². The summed E-state index contributed by atoms with van der Waals surface area (Å²) in [6, 6.07) is 12.8. The van der Waals surface area contributed by atoms with Crippen molar-refractivity contribution in [2.75, 3.05) is 6.79 Å². The van der Waals surface area contributed by atoms with Crippen LogP contribution in [0, 0.1) is 6.92 Å². The van der Waals surface area contributed by atoms with E-state index in [9.17, 15) is 9.59 Å². The number of hydrogen-bond donors (Lipinski definition) is 1. The maximum Gasteiger partial charge on any atom is 0.272 e. The van der Waals surface area contributed by atoms with Crippen LogP contribution in [0.3, 0.4) is 0 Å². The molecule has 0 bridgehead atoms. The van der Waals surface area contributed by atoms with Crippen molar-refractivity contribution < 1.29 is 14.3 Å². The summed E-state index contributed by atoms with van der Waals surface area (Å²) in [5.41, 5.74) is 2.33. The molecule has 7 heteroatoms. The first-order valence-corrected chi connectivity index (χ1v) is 8.23. The van der Waals surface area contributed by atoms with Crippen molar-refractivity contribution in [2.24, 2.45) is 0 Å². The predicted molar refractivity (Wildman–Crippen MR) is 95.2 cm³/mol. The molecule has 0 saturated heterocycles. The second kappa shape index (κ2) is 6.51. The van der Waals surface area contributed by atoms with Crippen LogP contribution in [0.25, 0.3) is 11.0 Å². The van der Waals surface area contributed by atoms with Gasteiger partial charge in [0.15, 0.2) is 11.5 Å². The first kappa shape index (κ1) is 16.1. The number of aromatic nitrogens is 2. The van der Waals surface area contributed by atoms with Gasteiger partial charge in [0.2, 0.25) is 12.7 Å². The van der Waals surface area contributed by atoms with E-state index in [0.717, 1.165) is 5.56 Å². The number of hydrogen-bond acceptors (Lipinski definition) is 5. The van der Waals surface area contributed by atoms with Crippen LogP contribution in [-0.4, -0.2) is 22.3 Å². The van der Waals surface area contributed by atoms with Crippen LogP contribution in [-0.2, 0) is 17.9 Å². The largest absolute Gasteiger partial charge is 0.454 e. The summed E-state index contributed by atoms with van der Waals surface area (Å²) in [4.78, 5) is 29.1. The first-order valence-electron chi connectivity index (χ1n) is 8.23. The van der Waals surface area contributed by atoms with Crippen LogP contribution < -0.4 is 20.3 Å². The Morgan fingerprint density at radius 2 is 2.00 bits per heavy atom. The van der Waals surface area contributed by atoms with E-state index in [2.05, 4.69) is 10.3 Å². The van der Waals surface area contributed by atoms with Gasteiger partial charge in [0.1, 0.15) is 12.2 Å². The molecular weight excluding hydrogens is 334 g/mol. The molecule has 1 amide bonds. The van der Waals surface area contributed by atoms with Crippen LogP contribution in [0.4, 0.5) is 0 Å². The van der Waals surface area contributed by atoms with E-state index in [0.29, 0.717) is 34.8 Å². The average molecular weight is 351 g/mol. The molecule has 0 radical (unpaired) electrons. The van der Waals surface area contributed by atoms with Gasteiger partial charge in [-0.05, 0) is 36.8 Å². The third kappa shape index (κ3) is 2.99. The Kier molecular flexibility index (Phi) is 4.04. The van der Waals surface area contributed by atoms with Crippen molar-refractivity contribution in [3.63, 3.8) is 0 Å². The monoisotopic (exact) mass is 351 g/mol. The highest BCUT2D eigenvalue weighted by Crippen LogP contribution is 2.32. The molecular formula is C19H17N3O4. The fourth-order valence-electron chi connectivity index (χ4n) is 2.93. The Morgan fingerprint density at radius 3 is 2.88 bits per heavy atom. The zero-order valence-corrected chi connectivity index (χ0v) is 14.2. The normalized spacial score (nSPS) is 12.3. The second-order valence-electron chi connectivity index (χ2n) is 6.04. The standard InChI is InChI=1S/C19H17N3O4/c1-12-19(24)22(15-5-3-2-4-14(15)21-12)10-18(23)20-9-13-6-7-16-17(8-13)26-11-25-16/h2-8H,9-11H2,1H3,(H,20,23). The minimum absolute atomic E-state index is 0.0622. The summed E-state index contributed by atoms with van der Waals surface area (Å²) in [7, 11) is 0. The molecule has 1 aliphatic rings. The lowest BCUT2D eigenvalue weighted by molar-refractivity contribution is -0.121. The van der Waals surface area contributed by atoms with E-state index >= 15 is 0 Å². The fourth-order valence-corrected chi connectivity index (χ4v) is 2.93. The van der Waals surface area contributed by atoms with E-state index < -0.39 is 0 Å². The van der Waals surface area contributed by atoms with Gasteiger partial charge in [-0.1, -0.05) is 18.2 Å². The molecule has 1 aliphatic heterocycles. The molecule has 0 saturated carbocycles. The molecule has 0 aliphatic carbocycles. The number of nitrogens with one attached hydrogen (secondary N) is 1. The summed E-state index contributed by atoms with van der Waals surface area (Å²) in [5.74, 6) is 1.12. The van der Waals surface area contributed by atoms with E-state index in [4.69, 9.17) is 9.47 Å². The zero-order valence-electron chi connectivity index (χ0n) is 14.2. The molecule has 2 aromatic carbocycles. The van der Waals surface area contributed by atoms with Crippen LogP contribution in [0.2, 0.25) is 0 Å². The van der Waals surface area contributed by atoms with Gasteiger partial charge in [0, 0.05) is 6.54 Å². The Hall–Kier alpha value is -3.35. The lowest BCUT2D eigenvalue weighted by Gasteiger charge is -2.11. The van der Waals surface area contributed by atoms with Gasteiger partial charge in [-0.25, -0.2) is 4.98 Å². The van der Waals surface area contributed by atoms with Crippen molar-refractivity contribution >= 4 is 16.9 Å². The van der Waals surface area contributed by atoms with Gasteiger partial charge in [-0.15, -0.1) is 0 Å². The molecule has 1 N–H and O–H groups in total. The summed E-state index contributed by atoms with van der Waals surface area (Å²) < 4.78 is 12.1. The van der Waals surface area contributed by atoms with Crippen molar-refractivity contribution in [2.45, 2.75) is 20.0 Å². The van der Waals surface area contributed by atoms with Gasteiger partial charge in [0.25, 0.3) is 5.56 Å². The minimum Gasteiger partial charge on any atom is -0.454 e. The first-order chi connectivity index (χ1) is 12.6. The fraction of sp³-hybridized carbons (Fsp3) is 0.211. The van der Waals surface area contributed by atoms with Crippen LogP contribution in [0.1, 0.15) is 11.3 Å². The Labute approximate surface area is 149 Å². The Morgan fingerprint density at radius 1 is 1.19 bits per heavy atom. The molecule has 0 atom stereocenters. The van der Waals surface area contributed by atoms with Gasteiger partial charge in [-0.3, -0.25) is 14.2 Å². The van der Waals surface area contributed by atoms with Crippen LogP contribution in [0.5, 0.6) is 11.5 Å². The number of aryl methyl sites for hydroxylation is 1. The average Bonchev–Trinajstić information content (AvgIpc) is 3.11. The number of ether oxygens (including phenoxy) is 2. The topological polar surface area (TPSA) is 82.5 Å². The maximum atomic E-state index is 12.4. The summed E-state index contributed by atoms with van der Waals surface area (Å²) in [5, 5.41) is 2.83. The van der Waals surface area contributed by atoms with Crippen molar-refractivity contribution in [3.05, 3.63) is 64.1 Å². The maximum absolute atomic E-state index is 12.4. The Bertz CT molecular complexity index is 1060. The van der Waals surface area contributed by atoms with Gasteiger partial charge >= 0.3 is 0 Å². The number of carbonyl (C=O) groups excluding carboxylic acids is 1. The van der Waals surface area contributed by atoms with E-state index in [1.807, 2.05) is 36.4 Å². The molecule has 7 nitrogen and oxygen atoms in total. The number of carbonyl (C=O) groups is 1. The van der Waals surface area contributed by atoms with Gasteiger partial charge < -0.3 is 14.8 Å². The molecule has 3 aromatic rings. The second-order valence-corrected chi connectivity index (χ2v) is 6.04. The number of benzene rings is 2. The van der Waals surface area contributed by atoms with E-state index in [-0.39, 0.29) is 24.8 Å². The van der Waals surface area contributed by atoms with Crippen molar-refractivity contribution in [3.8, 4) is 11.5 Å². The van der Waals surface area contributed by atoms with Gasteiger partial charge in [-0.2, -0.15) is 0 Å². The highest BCUT2D eigenvalue weighted by atomic mass is 16.7. The molecule has 0 unspecified atom stereocenters. The highest BCUT2D eigenvalue weighted by molar-refractivity contribution is 5.80. The molecule has 26 heavy (non-hydrogen) atoms. The molecule has 4 rings (SSSR count). The number of para-hydroxylation sites is 2. The third-order valence-electron chi connectivity index (χ3n) is 4.24. The summed E-state index contributed by atoms with van der Waals surface area (Å²) in [6.45, 7) is 2.14. The highest BCUT2D eigenvalue weighted by Gasteiger charge is 2.14. The number of nitrogens with zero attached hydrogens (tertiary/aromatic N) is 2. The lowest BCUT2D eigenvalue weighted by atomic mass is 10.2. The van der Waals surface area contributed by atoms with Gasteiger partial charge in [0.05, 0.1) is 11.0 Å². The number of amides is 1. The summed E-state index contributed by atoms with van der Waals surface area (Å²) >= 11 is 0. The van der Waals surface area contributed by atoms with Crippen LogP contribution >= 0.6 is 0 Å². The smallest absolute Gasteiger partial charge is 0.272 e. The van der Waals surface area contributed by atoms with Crippen molar-refractivity contribution in [1.29, 1.82) is 0 Å². The molecule has 0 fully saturated rings. The quantitative estimate of drug-likeness (QED) is 0.774. The molecule has 2 heterocycles. The number of fused-ring (bicyclic) bond motifs is 2. The lowest BCUT2D eigenvalue weighted by Crippen LogP contribution is -2.33.